The summed E-state index contributed by atoms with van der Waals surface area (Å²) in [6, 6.07) is 3.15. The number of halogens is 2. The van der Waals surface area contributed by atoms with Crippen molar-refractivity contribution in [2.24, 2.45) is 0 Å². The summed E-state index contributed by atoms with van der Waals surface area (Å²) in [5.41, 5.74) is -1.79. The molecule has 2 N–H and O–H groups in total. The maximum atomic E-state index is 11.6. The van der Waals surface area contributed by atoms with Gasteiger partial charge in [0.2, 0.25) is 0 Å². The number of carboxylic acids is 1. The van der Waals surface area contributed by atoms with Crippen molar-refractivity contribution in [1.29, 1.82) is 5.26 Å². The molecule has 0 unspecified atom stereocenters. The van der Waals surface area contributed by atoms with Crippen molar-refractivity contribution in [2.45, 2.75) is 32.4 Å². The monoisotopic (exact) mass is 599 g/mol. The van der Waals surface area contributed by atoms with E-state index in [1.54, 1.807) is 13.8 Å². The maximum absolute atomic E-state index is 11.6. The molecule has 0 saturated heterocycles. The van der Waals surface area contributed by atoms with Crippen LogP contribution in [0, 0.1) is 11.3 Å². The Hall–Kier alpha value is -0.846. The van der Waals surface area contributed by atoms with Crippen molar-refractivity contribution in [2.75, 3.05) is 5.32 Å². The number of hydrogen-bond acceptors (Lipinski definition) is 6. The van der Waals surface area contributed by atoms with Crippen molar-refractivity contribution >= 4 is 57.8 Å². The summed E-state index contributed by atoms with van der Waals surface area (Å²) in [7, 11) is 0.628. The van der Waals surface area contributed by atoms with Gasteiger partial charge in [0.25, 0.3) is 0 Å². The number of nitriles is 1. The van der Waals surface area contributed by atoms with E-state index in [0.717, 1.165) is 4.57 Å². The molecule has 1 heterocycles. The van der Waals surface area contributed by atoms with Gasteiger partial charge in [-0.25, -0.2) is 9.59 Å². The fourth-order valence-corrected chi connectivity index (χ4v) is 1.37. The van der Waals surface area contributed by atoms with Crippen LogP contribution < -0.4 is 11.0 Å². The van der Waals surface area contributed by atoms with Crippen LogP contribution in [-0.2, 0) is 25.5 Å². The molecule has 1 aromatic rings. The molecular weight excluding hydrogens is 585 g/mol. The summed E-state index contributed by atoms with van der Waals surface area (Å²) in [6.07, 6.45) is 0.339. The van der Waals surface area contributed by atoms with Crippen LogP contribution in [-0.4, -0.2) is 32.3 Å². The third kappa shape index (κ3) is 10.1. The summed E-state index contributed by atoms with van der Waals surface area (Å²) in [5.74, 6) is -1.25. The molecule has 1 aromatic heterocycles. The van der Waals surface area contributed by atoms with Gasteiger partial charge in [-0.05, 0) is 19.9 Å². The van der Waals surface area contributed by atoms with E-state index in [1.807, 2.05) is 6.07 Å². The van der Waals surface area contributed by atoms with E-state index < -0.39 is 29.9 Å². The van der Waals surface area contributed by atoms with Crippen LogP contribution in [0.4, 0.5) is 10.6 Å². The standard InChI is InChI=1S/C12H14N4O5.2HI.V/c1-12(2,4-5-13)21-11(20)15-8-3-6-16(7-9(17)18)10(19)14-8;;;/h3,6H,4,7H2,1-2H3,(H,17,18)(H,14,15,19,20);2*1H;/q;;;+2/p-2. The number of carbonyl (C=O) groups excluding carboxylic acids is 1. The van der Waals surface area contributed by atoms with E-state index in [1.165, 1.54) is 12.3 Å². The summed E-state index contributed by atoms with van der Waals surface area (Å²) in [4.78, 5) is 37.1. The summed E-state index contributed by atoms with van der Waals surface area (Å²) in [5, 5.41) is 19.4. The van der Waals surface area contributed by atoms with Gasteiger partial charge < -0.3 is 9.84 Å². The SMILES string of the molecule is CC(C)(CC#N)OC(=O)Nc1ccn(CC(=O)O)c(=O)n1.[I][V][I]. The molecule has 0 aliphatic carbocycles. The number of aliphatic carboxylic acids is 1. The average Bonchev–Trinajstić information content (AvgIpc) is 2.41. The molecule has 0 spiro atoms. The number of carboxylic acid groups (broad SMARTS) is 1. The first-order valence-electron chi connectivity index (χ1n) is 6.23. The summed E-state index contributed by atoms with van der Waals surface area (Å²) in [6.45, 7) is 2.61. The Morgan fingerprint density at radius 2 is 2.12 bits per heavy atom. The third-order valence-corrected chi connectivity index (χ3v) is 2.28. The minimum absolute atomic E-state index is 0.00799. The summed E-state index contributed by atoms with van der Waals surface area (Å²) < 4.78 is 5.87. The Balaban J connectivity index is 0.00000163. The minimum atomic E-state index is -1.18. The second-order valence-corrected chi connectivity index (χ2v) is 16.6. The van der Waals surface area contributed by atoms with Crippen LogP contribution in [0.1, 0.15) is 20.3 Å². The number of nitrogens with one attached hydrogen (secondary N) is 1. The van der Waals surface area contributed by atoms with E-state index in [9.17, 15) is 14.4 Å². The molecule has 0 aliphatic rings. The van der Waals surface area contributed by atoms with Crippen LogP contribution in [0.5, 0.6) is 0 Å². The van der Waals surface area contributed by atoms with Crippen molar-refractivity contribution in [3.05, 3.63) is 22.7 Å². The Bertz CT molecular complexity index is 674. The van der Waals surface area contributed by atoms with Gasteiger partial charge in [-0.3, -0.25) is 14.7 Å². The van der Waals surface area contributed by atoms with E-state index in [-0.39, 0.29) is 12.2 Å². The molecule has 0 aliphatic heterocycles. The number of amides is 1. The van der Waals surface area contributed by atoms with Crippen LogP contribution in [0.15, 0.2) is 17.1 Å². The van der Waals surface area contributed by atoms with E-state index >= 15 is 0 Å². The fraction of sp³-hybridized carbons (Fsp3) is 0.417. The van der Waals surface area contributed by atoms with E-state index in [0.29, 0.717) is 9.47 Å². The van der Waals surface area contributed by atoms with Crippen molar-refractivity contribution in [3.8, 4) is 6.07 Å². The van der Waals surface area contributed by atoms with Gasteiger partial charge >= 0.3 is 67.2 Å². The molecule has 9 nitrogen and oxygen atoms in total. The number of ether oxygens (including phenoxy) is 1. The average molecular weight is 599 g/mol. The van der Waals surface area contributed by atoms with Crippen LogP contribution in [0.2, 0.25) is 0 Å². The van der Waals surface area contributed by atoms with Crippen LogP contribution >= 0.6 is 40.0 Å². The third-order valence-electron chi connectivity index (χ3n) is 2.28. The van der Waals surface area contributed by atoms with E-state index in [2.05, 4.69) is 50.3 Å². The Kier molecular flexibility index (Phi) is 11.3. The second kappa shape index (κ2) is 11.7. The molecule has 0 fully saturated rings. The molecule has 0 aromatic carbocycles. The first-order chi connectivity index (χ1) is 11.1. The number of hydrogen-bond donors (Lipinski definition) is 2. The normalized spacial score (nSPS) is 9.79. The molecule has 0 radical (unpaired) electrons. The zero-order chi connectivity index (χ0) is 18.8. The Labute approximate surface area is 167 Å². The molecule has 1 amide bonds. The van der Waals surface area contributed by atoms with Gasteiger partial charge in [-0.2, -0.15) is 10.2 Å². The molecule has 24 heavy (non-hydrogen) atoms. The van der Waals surface area contributed by atoms with Gasteiger partial charge in [0.15, 0.2) is 0 Å². The fourth-order valence-electron chi connectivity index (χ4n) is 1.37. The Morgan fingerprint density at radius 1 is 1.54 bits per heavy atom. The molecule has 0 atom stereocenters. The number of nitrogens with zero attached hydrogens (tertiary/aromatic N) is 3. The topological polar surface area (TPSA) is 134 Å². The predicted molar refractivity (Wildman–Crippen MR) is 98.6 cm³/mol. The first-order valence-corrected chi connectivity index (χ1v) is 15.2. The van der Waals surface area contributed by atoms with Gasteiger partial charge in [0.1, 0.15) is 18.0 Å². The molecule has 0 bridgehead atoms. The van der Waals surface area contributed by atoms with Gasteiger partial charge in [-0.15, -0.1) is 0 Å². The number of anilines is 1. The molecule has 12 heteroatoms. The number of carbonyl (C=O) groups is 2. The second-order valence-electron chi connectivity index (χ2n) is 4.79. The van der Waals surface area contributed by atoms with Gasteiger partial charge in [0, 0.05) is 6.20 Å². The quantitative estimate of drug-likeness (QED) is 0.497. The number of aromatic nitrogens is 2. The van der Waals surface area contributed by atoms with Gasteiger partial charge in [-0.1, -0.05) is 0 Å². The zero-order valence-electron chi connectivity index (χ0n) is 12.7. The number of rotatable bonds is 5. The molecule has 0 saturated carbocycles. The van der Waals surface area contributed by atoms with Gasteiger partial charge in [0.05, 0.1) is 12.5 Å². The molecular formula is C12H14I2N4O5V. The van der Waals surface area contributed by atoms with Crippen LogP contribution in [0.25, 0.3) is 0 Å². The molecule has 131 valence electrons. The van der Waals surface area contributed by atoms with Crippen molar-refractivity contribution < 1.29 is 28.9 Å². The Morgan fingerprint density at radius 3 is 2.58 bits per heavy atom. The van der Waals surface area contributed by atoms with Crippen molar-refractivity contribution in [1.82, 2.24) is 9.55 Å². The zero-order valence-corrected chi connectivity index (χ0v) is 18.4. The first kappa shape index (κ1) is 23.2. The molecule has 1 rings (SSSR count). The summed E-state index contributed by atoms with van der Waals surface area (Å²) >= 11 is 4.74. The van der Waals surface area contributed by atoms with E-state index in [4.69, 9.17) is 15.1 Å². The predicted octanol–water partition coefficient (Wildman–Crippen LogP) is 2.34. The van der Waals surface area contributed by atoms with Crippen LogP contribution in [0.3, 0.4) is 0 Å². The van der Waals surface area contributed by atoms with Crippen molar-refractivity contribution in [3.63, 3.8) is 0 Å².